The predicted molar refractivity (Wildman–Crippen MR) is 266 cm³/mol. The van der Waals surface area contributed by atoms with E-state index in [0.29, 0.717) is 28.3 Å². The number of aliphatic hydroxyl groups excluding tert-OH is 1. The normalized spacial score (nSPS) is 21.7. The van der Waals surface area contributed by atoms with Crippen molar-refractivity contribution in [2.45, 2.75) is 152 Å². The molecule has 10 heteroatoms. The molecule has 6 rings (SSSR count). The zero-order valence-electron chi connectivity index (χ0n) is 41.5. The van der Waals surface area contributed by atoms with Crippen LogP contribution in [0.2, 0.25) is 0 Å². The van der Waals surface area contributed by atoms with Crippen LogP contribution in [0.15, 0.2) is 23.9 Å². The number of allylic oxidation sites excluding steroid dienone is 2. The fourth-order valence-electron chi connectivity index (χ4n) is 10.5. The zero-order valence-corrected chi connectivity index (χ0v) is 42.9. The molecule has 0 amide bonds. The minimum atomic E-state index is -1.04. The quantitative estimate of drug-likeness (QED) is 0.0662. The van der Waals surface area contributed by atoms with E-state index in [4.69, 9.17) is 24.4 Å². The molecule has 1 aliphatic carbocycles. The van der Waals surface area contributed by atoms with Crippen molar-refractivity contribution >= 4 is 70.6 Å². The van der Waals surface area contributed by atoms with Gasteiger partial charge in [-0.25, -0.2) is 0 Å². The number of aliphatic hydroxyl groups is 1. The number of ether oxygens (including phenoxy) is 2. The van der Waals surface area contributed by atoms with E-state index in [1.807, 2.05) is 31.2 Å². The van der Waals surface area contributed by atoms with Gasteiger partial charge in [-0.3, -0.25) is 9.59 Å². The standard InChI is InChI=1S/C55H75N4O5.Mg/c1-13-39-35(8)42-28-44-37(10)41(24-25-48(60)64-27-26-34(7)23-17-22-33(6)21-16-20-32(5)19-15-18-31(3)4)52(58-44)50-51(55(62)63-12)54(61)49-38(11)45(59-53(49)50)30-47-40(14-2)36(9)43(57-47)29-46(39)56-42;/h13,26,28-33,37,41,51-52,58,61H,1,14-25,27H2,2-12H3;/q-3;+2/b34-26+,43-29-,44-28-,47-30-;/t32-,33-,37+,41+,51+,52?;/m1./s1. The van der Waals surface area contributed by atoms with Gasteiger partial charge in [0.25, 0.3) is 0 Å². The first-order valence-corrected chi connectivity index (χ1v) is 24.2. The van der Waals surface area contributed by atoms with Crippen molar-refractivity contribution in [3.05, 3.63) is 90.1 Å². The number of nitrogens with one attached hydrogen (secondary N) is 1. The van der Waals surface area contributed by atoms with Gasteiger partial charge in [0.05, 0.1) is 13.2 Å². The molecule has 9 nitrogen and oxygen atoms in total. The molecule has 1 saturated heterocycles. The van der Waals surface area contributed by atoms with Crippen LogP contribution in [-0.4, -0.2) is 59.9 Å². The van der Waals surface area contributed by atoms with Crippen LogP contribution < -0.4 is 41.5 Å². The number of fused-ring (bicyclic) bond motifs is 8. The minimum absolute atomic E-state index is 0. The van der Waals surface area contributed by atoms with E-state index < -0.39 is 17.9 Å². The first kappa shape index (κ1) is 51.8. The molecule has 3 aromatic rings. The van der Waals surface area contributed by atoms with Crippen molar-refractivity contribution in [3.8, 4) is 0 Å². The number of hydrogen-bond acceptors (Lipinski definition) is 6. The maximum absolute atomic E-state index is 13.6. The van der Waals surface area contributed by atoms with Crippen molar-refractivity contribution in [2.75, 3.05) is 13.7 Å². The van der Waals surface area contributed by atoms with Gasteiger partial charge in [0.1, 0.15) is 18.3 Å². The van der Waals surface area contributed by atoms with Crippen LogP contribution in [0.5, 0.6) is 0 Å². The topological polar surface area (TPSA) is 127 Å². The smallest absolute Gasteiger partial charge is 0.657 e. The summed E-state index contributed by atoms with van der Waals surface area (Å²) in [4.78, 5) is 42.5. The van der Waals surface area contributed by atoms with E-state index in [-0.39, 0.29) is 59.6 Å². The van der Waals surface area contributed by atoms with Crippen LogP contribution in [0.25, 0.3) is 35.6 Å². The van der Waals surface area contributed by atoms with Crippen LogP contribution in [0, 0.1) is 56.3 Å². The summed E-state index contributed by atoms with van der Waals surface area (Å²) in [5.41, 5.74) is 10.0. The van der Waals surface area contributed by atoms with Gasteiger partial charge in [0, 0.05) is 23.3 Å². The third kappa shape index (κ3) is 11.7. The van der Waals surface area contributed by atoms with Crippen LogP contribution >= 0.6 is 0 Å². The molecule has 1 fully saturated rings. The number of aromatic nitrogens is 3. The number of carbonyl (C=O) groups excluding carboxylic acids is 2. The largest absolute Gasteiger partial charge is 2.00 e. The van der Waals surface area contributed by atoms with Gasteiger partial charge >= 0.3 is 35.0 Å². The van der Waals surface area contributed by atoms with Gasteiger partial charge in [-0.05, 0) is 94.3 Å². The van der Waals surface area contributed by atoms with E-state index in [2.05, 4.69) is 80.3 Å². The van der Waals surface area contributed by atoms with Gasteiger partial charge in [-0.1, -0.05) is 145 Å². The van der Waals surface area contributed by atoms with E-state index in [1.165, 1.54) is 57.6 Å². The molecule has 0 spiro atoms. The predicted octanol–water partition coefficient (Wildman–Crippen LogP) is 7.87. The molecule has 0 radical (unpaired) electrons. The molecule has 65 heavy (non-hydrogen) atoms. The molecule has 3 aromatic heterocycles. The Balaban J connectivity index is 0.00000793. The summed E-state index contributed by atoms with van der Waals surface area (Å²) in [6.07, 6.45) is 22.8. The average molecular weight is 897 g/mol. The Morgan fingerprint density at radius 3 is 2.15 bits per heavy atom. The zero-order chi connectivity index (χ0) is 46.4. The summed E-state index contributed by atoms with van der Waals surface area (Å²) in [5.74, 6) is 0.198. The van der Waals surface area contributed by atoms with Crippen LogP contribution in [0.1, 0.15) is 164 Å². The Morgan fingerprint density at radius 2 is 1.51 bits per heavy atom. The van der Waals surface area contributed by atoms with Gasteiger partial charge in [0.15, 0.2) is 0 Å². The third-order valence-corrected chi connectivity index (χ3v) is 14.6. The van der Waals surface area contributed by atoms with Gasteiger partial charge in [0.2, 0.25) is 0 Å². The second-order valence-electron chi connectivity index (χ2n) is 19.7. The number of nitrogens with zero attached hydrogens (tertiary/aromatic N) is 3. The molecule has 8 bridgehead atoms. The van der Waals surface area contributed by atoms with E-state index >= 15 is 0 Å². The summed E-state index contributed by atoms with van der Waals surface area (Å²) in [7, 11) is 1.34. The van der Waals surface area contributed by atoms with Crippen molar-refractivity contribution in [3.63, 3.8) is 0 Å². The Bertz CT molecular complexity index is 2510. The van der Waals surface area contributed by atoms with Crippen molar-refractivity contribution in [1.29, 1.82) is 0 Å². The molecule has 348 valence electrons. The number of rotatable bonds is 20. The molecule has 3 aliphatic rings. The van der Waals surface area contributed by atoms with E-state index in [9.17, 15) is 14.7 Å². The summed E-state index contributed by atoms with van der Waals surface area (Å²) in [6.45, 7) is 26.3. The molecular formula is C55H75MgN4O5-. The maximum Gasteiger partial charge on any atom is 2.00 e. The minimum Gasteiger partial charge on any atom is -0.657 e. The number of methoxy groups -OCH3 is 1. The Morgan fingerprint density at radius 1 is 0.862 bits per heavy atom. The van der Waals surface area contributed by atoms with Gasteiger partial charge in [-0.15, -0.1) is 33.1 Å². The molecule has 0 aromatic carbocycles. The Labute approximate surface area is 404 Å². The SMILES string of the molecule is C=Cc1c2[n-]c(c1C)/C=C1\NC(C3=c4[n-]c(c(C)c4=C(O)[C@H]3C(=O)OC)/C=c3\[n-]/c(c(C)c3CC)=C\2)[C@@H](CCC(=O)OC/C=C(\C)CCC[C@H](C)CCC[C@H](C)CCCC(C)C)[C@@H]1C.[Mg+2]. The first-order chi connectivity index (χ1) is 30.6. The fraction of sp³-hybridized carbons (Fsp3) is 0.564. The van der Waals surface area contributed by atoms with Crippen molar-refractivity contribution in [1.82, 2.24) is 20.3 Å². The molecule has 0 saturated carbocycles. The van der Waals surface area contributed by atoms with Gasteiger partial charge < -0.3 is 34.8 Å². The Hall–Kier alpha value is -4.15. The van der Waals surface area contributed by atoms with Crippen LogP contribution in [0.3, 0.4) is 0 Å². The second-order valence-corrected chi connectivity index (χ2v) is 19.7. The number of esters is 2. The van der Waals surface area contributed by atoms with E-state index in [0.717, 1.165) is 92.6 Å². The van der Waals surface area contributed by atoms with Crippen LogP contribution in [0.4, 0.5) is 0 Å². The number of carbonyl (C=O) groups is 2. The summed E-state index contributed by atoms with van der Waals surface area (Å²) >= 11 is 0. The molecule has 1 unspecified atom stereocenters. The Kier molecular flexibility index (Phi) is 18.4. The molecule has 5 heterocycles. The monoisotopic (exact) mass is 896 g/mol. The fourth-order valence-corrected chi connectivity index (χ4v) is 10.5. The van der Waals surface area contributed by atoms with Crippen molar-refractivity contribution < 1.29 is 24.2 Å². The van der Waals surface area contributed by atoms with Crippen LogP contribution in [-0.2, 0) is 25.5 Å². The number of hydrogen-bond donors (Lipinski definition) is 2. The average Bonchev–Trinajstić information content (AvgIpc) is 3.99. The van der Waals surface area contributed by atoms with Gasteiger partial charge in [-0.2, -0.15) is 0 Å². The first-order valence-electron chi connectivity index (χ1n) is 24.2. The second kappa shape index (κ2) is 23.0. The van der Waals surface area contributed by atoms with Crippen molar-refractivity contribution in [2.24, 2.45) is 35.5 Å². The summed E-state index contributed by atoms with van der Waals surface area (Å²) in [5, 5.41) is 18.5. The summed E-state index contributed by atoms with van der Waals surface area (Å²) in [6, 6.07) is -0.448. The van der Waals surface area contributed by atoms with E-state index in [1.54, 1.807) is 0 Å². The molecule has 6 atom stereocenters. The molecular weight excluding hydrogens is 821 g/mol. The summed E-state index contributed by atoms with van der Waals surface area (Å²) < 4.78 is 11.1. The molecule has 2 aliphatic heterocycles. The third-order valence-electron chi connectivity index (χ3n) is 14.6. The molecule has 2 N–H and O–H groups in total. The maximum atomic E-state index is 13.6.